The molecular formula is C14H18N2O4S. The van der Waals surface area contributed by atoms with Gasteiger partial charge in [0.05, 0.1) is 11.6 Å². The maximum Gasteiger partial charge on any atom is 0.307 e. The molecule has 1 aromatic carbocycles. The Labute approximate surface area is 124 Å². The van der Waals surface area contributed by atoms with Crippen LogP contribution in [0, 0.1) is 5.92 Å². The molecule has 21 heavy (non-hydrogen) atoms. The van der Waals surface area contributed by atoms with Crippen LogP contribution in [0.25, 0.3) is 0 Å². The monoisotopic (exact) mass is 310 g/mol. The van der Waals surface area contributed by atoms with Crippen molar-refractivity contribution in [2.24, 2.45) is 5.92 Å². The van der Waals surface area contributed by atoms with Gasteiger partial charge in [-0.2, -0.15) is 12.7 Å². The van der Waals surface area contributed by atoms with Crippen molar-refractivity contribution in [1.29, 1.82) is 0 Å². The topological polar surface area (TPSA) is 77.9 Å². The number of carboxylic acid groups (broad SMARTS) is 1. The van der Waals surface area contributed by atoms with Crippen molar-refractivity contribution in [1.82, 2.24) is 4.31 Å². The van der Waals surface area contributed by atoms with Gasteiger partial charge in [0.2, 0.25) is 0 Å². The van der Waals surface area contributed by atoms with Crippen LogP contribution in [0.5, 0.6) is 0 Å². The van der Waals surface area contributed by atoms with E-state index in [1.165, 1.54) is 8.61 Å². The minimum atomic E-state index is -3.64. The molecule has 1 saturated heterocycles. The molecule has 7 heteroatoms. The third-order valence-electron chi connectivity index (χ3n) is 4.18. The standard InChI is InChI=1S/C14H18N2O4S/c17-14(18)12-5-3-8-15(10-12)21(19,20)16-9-7-11-4-1-2-6-13(11)16/h1-2,4,6,12H,3,5,7-10H2,(H,17,18). The lowest BCUT2D eigenvalue weighted by Crippen LogP contribution is -2.48. The smallest absolute Gasteiger partial charge is 0.307 e. The summed E-state index contributed by atoms with van der Waals surface area (Å²) in [5.41, 5.74) is 1.74. The van der Waals surface area contributed by atoms with Gasteiger partial charge >= 0.3 is 16.2 Å². The number of nitrogens with zero attached hydrogens (tertiary/aromatic N) is 2. The van der Waals surface area contributed by atoms with Gasteiger partial charge in [-0.25, -0.2) is 0 Å². The number of hydrogen-bond donors (Lipinski definition) is 1. The summed E-state index contributed by atoms with van der Waals surface area (Å²) < 4.78 is 28.3. The van der Waals surface area contributed by atoms with Crippen molar-refractivity contribution >= 4 is 21.9 Å². The van der Waals surface area contributed by atoms with Crippen LogP contribution in [-0.2, 0) is 21.4 Å². The molecule has 0 aromatic heterocycles. The molecule has 0 aliphatic carbocycles. The van der Waals surface area contributed by atoms with Crippen LogP contribution in [0.2, 0.25) is 0 Å². The number of carbonyl (C=O) groups is 1. The fourth-order valence-electron chi connectivity index (χ4n) is 3.04. The predicted molar refractivity (Wildman–Crippen MR) is 78.3 cm³/mol. The third kappa shape index (κ3) is 2.51. The van der Waals surface area contributed by atoms with E-state index in [1.807, 2.05) is 18.2 Å². The van der Waals surface area contributed by atoms with Crippen LogP contribution in [0.4, 0.5) is 5.69 Å². The SMILES string of the molecule is O=C(O)C1CCCN(S(=O)(=O)N2CCc3ccccc32)C1. The number of fused-ring (bicyclic) bond motifs is 1. The number of carboxylic acids is 1. The van der Waals surface area contributed by atoms with Crippen molar-refractivity contribution in [3.8, 4) is 0 Å². The van der Waals surface area contributed by atoms with E-state index < -0.39 is 22.1 Å². The quantitative estimate of drug-likeness (QED) is 0.906. The van der Waals surface area contributed by atoms with Crippen molar-refractivity contribution in [2.75, 3.05) is 23.9 Å². The normalized spacial score (nSPS) is 23.0. The Morgan fingerprint density at radius 1 is 1.24 bits per heavy atom. The second kappa shape index (κ2) is 5.31. The highest BCUT2D eigenvalue weighted by molar-refractivity contribution is 7.90. The van der Waals surface area contributed by atoms with Gasteiger partial charge in [-0.05, 0) is 30.9 Å². The zero-order valence-electron chi connectivity index (χ0n) is 11.6. The first kappa shape index (κ1) is 14.3. The Morgan fingerprint density at radius 3 is 2.76 bits per heavy atom. The maximum atomic E-state index is 12.8. The Kier molecular flexibility index (Phi) is 3.62. The average Bonchev–Trinajstić information content (AvgIpc) is 2.92. The van der Waals surface area contributed by atoms with Crippen molar-refractivity contribution in [3.05, 3.63) is 29.8 Å². The van der Waals surface area contributed by atoms with E-state index in [-0.39, 0.29) is 6.54 Å². The number of benzene rings is 1. The van der Waals surface area contributed by atoms with E-state index in [2.05, 4.69) is 0 Å². The second-order valence-electron chi connectivity index (χ2n) is 5.49. The summed E-state index contributed by atoms with van der Waals surface area (Å²) >= 11 is 0. The fourth-order valence-corrected chi connectivity index (χ4v) is 4.80. The van der Waals surface area contributed by atoms with Gasteiger partial charge in [0, 0.05) is 19.6 Å². The zero-order valence-corrected chi connectivity index (χ0v) is 12.4. The van der Waals surface area contributed by atoms with E-state index in [0.29, 0.717) is 32.4 Å². The summed E-state index contributed by atoms with van der Waals surface area (Å²) in [4.78, 5) is 11.1. The lowest BCUT2D eigenvalue weighted by molar-refractivity contribution is -0.142. The van der Waals surface area contributed by atoms with Gasteiger partial charge in [-0.1, -0.05) is 18.2 Å². The summed E-state index contributed by atoms with van der Waals surface area (Å²) in [7, 11) is -3.64. The highest BCUT2D eigenvalue weighted by atomic mass is 32.2. The van der Waals surface area contributed by atoms with Gasteiger partial charge in [-0.15, -0.1) is 0 Å². The highest BCUT2D eigenvalue weighted by Crippen LogP contribution is 2.32. The molecule has 2 aliphatic rings. The summed E-state index contributed by atoms with van der Waals surface area (Å²) in [6.07, 6.45) is 1.83. The first-order valence-electron chi connectivity index (χ1n) is 7.08. The van der Waals surface area contributed by atoms with E-state index >= 15 is 0 Å². The van der Waals surface area contributed by atoms with Crippen LogP contribution < -0.4 is 4.31 Å². The maximum absolute atomic E-state index is 12.8. The molecule has 1 aromatic rings. The number of aliphatic carboxylic acids is 1. The van der Waals surface area contributed by atoms with Crippen LogP contribution >= 0.6 is 0 Å². The highest BCUT2D eigenvalue weighted by Gasteiger charge is 2.38. The molecule has 2 heterocycles. The van der Waals surface area contributed by atoms with Crippen molar-refractivity contribution in [3.63, 3.8) is 0 Å². The van der Waals surface area contributed by atoms with E-state index in [4.69, 9.17) is 5.11 Å². The van der Waals surface area contributed by atoms with E-state index in [9.17, 15) is 13.2 Å². The van der Waals surface area contributed by atoms with Crippen LogP contribution in [-0.4, -0.2) is 43.4 Å². The minimum absolute atomic E-state index is 0.0658. The van der Waals surface area contributed by atoms with E-state index in [1.54, 1.807) is 6.07 Å². The summed E-state index contributed by atoms with van der Waals surface area (Å²) in [5, 5.41) is 9.11. The van der Waals surface area contributed by atoms with Gasteiger partial charge in [-0.3, -0.25) is 9.10 Å². The lowest BCUT2D eigenvalue weighted by atomic mass is 10.0. The molecule has 3 rings (SSSR count). The molecule has 1 fully saturated rings. The minimum Gasteiger partial charge on any atom is -0.481 e. The number of rotatable bonds is 3. The lowest BCUT2D eigenvalue weighted by Gasteiger charge is -2.33. The molecule has 0 radical (unpaired) electrons. The molecular weight excluding hydrogens is 292 g/mol. The Hall–Kier alpha value is -1.60. The molecule has 2 aliphatic heterocycles. The molecule has 0 amide bonds. The molecule has 0 spiro atoms. The Morgan fingerprint density at radius 2 is 2.00 bits per heavy atom. The molecule has 1 N–H and O–H groups in total. The molecule has 1 unspecified atom stereocenters. The van der Waals surface area contributed by atoms with Gasteiger partial charge in [0.15, 0.2) is 0 Å². The zero-order chi connectivity index (χ0) is 15.0. The van der Waals surface area contributed by atoms with Crippen LogP contribution in [0.1, 0.15) is 18.4 Å². The van der Waals surface area contributed by atoms with Crippen molar-refractivity contribution in [2.45, 2.75) is 19.3 Å². The van der Waals surface area contributed by atoms with Gasteiger partial charge in [0.1, 0.15) is 0 Å². The van der Waals surface area contributed by atoms with Gasteiger partial charge < -0.3 is 5.11 Å². The number of anilines is 1. The summed E-state index contributed by atoms with van der Waals surface area (Å²) in [6.45, 7) is 0.886. The molecule has 0 bridgehead atoms. The fraction of sp³-hybridized carbons (Fsp3) is 0.500. The molecule has 6 nitrogen and oxygen atoms in total. The Bertz CT molecular complexity index is 659. The Balaban J connectivity index is 1.86. The third-order valence-corrected chi connectivity index (χ3v) is 6.10. The number of piperidine rings is 1. The average molecular weight is 310 g/mol. The summed E-state index contributed by atoms with van der Waals surface area (Å²) in [5.74, 6) is -1.52. The molecule has 0 saturated carbocycles. The van der Waals surface area contributed by atoms with Crippen molar-refractivity contribution < 1.29 is 18.3 Å². The number of hydrogen-bond acceptors (Lipinski definition) is 3. The number of para-hydroxylation sites is 1. The first-order chi connectivity index (χ1) is 10.00. The molecule has 114 valence electrons. The first-order valence-corrected chi connectivity index (χ1v) is 8.48. The predicted octanol–water partition coefficient (Wildman–Crippen LogP) is 1.09. The van der Waals surface area contributed by atoms with Crippen LogP contribution in [0.3, 0.4) is 0 Å². The second-order valence-corrected chi connectivity index (χ2v) is 7.35. The van der Waals surface area contributed by atoms with Crippen LogP contribution in [0.15, 0.2) is 24.3 Å². The molecule has 1 atom stereocenters. The summed E-state index contributed by atoms with van der Waals surface area (Å²) in [6, 6.07) is 7.46. The van der Waals surface area contributed by atoms with Gasteiger partial charge in [0.25, 0.3) is 0 Å². The largest absolute Gasteiger partial charge is 0.481 e. The van der Waals surface area contributed by atoms with E-state index in [0.717, 1.165) is 11.3 Å².